The standard InChI is InChI=1S/C21H22FN3O/c1-4-13(2)25(17-7-6-16(12-26)19(22)10-17)21-14(3)18-8-5-15(11-23)9-20(18)24-21/h5-10,13,24,26H,4,12H2,1-3H3. The van der Waals surface area contributed by atoms with E-state index in [1.54, 1.807) is 12.1 Å². The molecule has 0 radical (unpaired) electrons. The summed E-state index contributed by atoms with van der Waals surface area (Å²) in [6.45, 7) is 5.87. The van der Waals surface area contributed by atoms with Gasteiger partial charge in [-0.25, -0.2) is 4.39 Å². The van der Waals surface area contributed by atoms with Crippen LogP contribution in [-0.4, -0.2) is 16.1 Å². The topological polar surface area (TPSA) is 63.0 Å². The average molecular weight is 351 g/mol. The first kappa shape index (κ1) is 18.0. The van der Waals surface area contributed by atoms with E-state index in [-0.39, 0.29) is 18.2 Å². The third-order valence-corrected chi connectivity index (χ3v) is 4.92. The lowest BCUT2D eigenvalue weighted by atomic mass is 10.1. The number of fused-ring (bicyclic) bond motifs is 1. The fourth-order valence-electron chi connectivity index (χ4n) is 3.23. The highest BCUT2D eigenvalue weighted by atomic mass is 19.1. The number of H-pyrrole nitrogens is 1. The summed E-state index contributed by atoms with van der Waals surface area (Å²) in [7, 11) is 0. The number of nitrogens with zero attached hydrogens (tertiary/aromatic N) is 2. The van der Waals surface area contributed by atoms with Crippen LogP contribution >= 0.6 is 0 Å². The molecular weight excluding hydrogens is 329 g/mol. The largest absolute Gasteiger partial charge is 0.392 e. The molecule has 0 aliphatic carbocycles. The van der Waals surface area contributed by atoms with Crippen molar-refractivity contribution in [1.29, 1.82) is 5.26 Å². The Balaban J connectivity index is 2.17. The molecule has 3 rings (SSSR count). The maximum atomic E-state index is 14.3. The monoisotopic (exact) mass is 351 g/mol. The highest BCUT2D eigenvalue weighted by molar-refractivity contribution is 5.91. The predicted octanol–water partition coefficient (Wildman–Crippen LogP) is 4.92. The second kappa shape index (κ2) is 7.19. The molecule has 0 bridgehead atoms. The Morgan fingerprint density at radius 2 is 2.04 bits per heavy atom. The van der Waals surface area contributed by atoms with Crippen molar-refractivity contribution in [2.45, 2.75) is 39.8 Å². The predicted molar refractivity (Wildman–Crippen MR) is 102 cm³/mol. The lowest BCUT2D eigenvalue weighted by Gasteiger charge is -2.30. The van der Waals surface area contributed by atoms with E-state index in [9.17, 15) is 9.50 Å². The number of benzene rings is 2. The van der Waals surface area contributed by atoms with Crippen molar-refractivity contribution in [3.63, 3.8) is 0 Å². The molecule has 1 atom stereocenters. The van der Waals surface area contributed by atoms with Gasteiger partial charge in [-0.2, -0.15) is 5.26 Å². The van der Waals surface area contributed by atoms with Gasteiger partial charge in [0.15, 0.2) is 0 Å². The highest BCUT2D eigenvalue weighted by Gasteiger charge is 2.21. The Morgan fingerprint density at radius 3 is 2.65 bits per heavy atom. The summed E-state index contributed by atoms with van der Waals surface area (Å²) >= 11 is 0. The van der Waals surface area contributed by atoms with Gasteiger partial charge in [0.1, 0.15) is 11.6 Å². The second-order valence-corrected chi connectivity index (χ2v) is 6.53. The fourth-order valence-corrected chi connectivity index (χ4v) is 3.23. The van der Waals surface area contributed by atoms with Crippen LogP contribution in [-0.2, 0) is 6.61 Å². The van der Waals surface area contributed by atoms with Gasteiger partial charge in [0.25, 0.3) is 0 Å². The van der Waals surface area contributed by atoms with Gasteiger partial charge in [-0.1, -0.05) is 19.1 Å². The summed E-state index contributed by atoms with van der Waals surface area (Å²) in [6, 6.07) is 12.8. The van der Waals surface area contributed by atoms with E-state index in [1.807, 2.05) is 25.1 Å². The maximum absolute atomic E-state index is 14.3. The van der Waals surface area contributed by atoms with E-state index in [1.165, 1.54) is 6.07 Å². The molecule has 26 heavy (non-hydrogen) atoms. The molecule has 0 saturated carbocycles. The molecule has 0 spiro atoms. The molecule has 2 aromatic carbocycles. The van der Waals surface area contributed by atoms with E-state index >= 15 is 0 Å². The molecule has 0 fully saturated rings. The lowest BCUT2D eigenvalue weighted by Crippen LogP contribution is -2.28. The molecule has 0 aliphatic heterocycles. The van der Waals surface area contributed by atoms with E-state index < -0.39 is 5.82 Å². The summed E-state index contributed by atoms with van der Waals surface area (Å²) < 4.78 is 14.3. The van der Waals surface area contributed by atoms with Gasteiger partial charge in [0.05, 0.1) is 18.2 Å². The molecule has 0 amide bonds. The number of aliphatic hydroxyl groups is 1. The molecule has 1 aromatic heterocycles. The Kier molecular flexibility index (Phi) is 4.97. The number of halogens is 1. The zero-order chi connectivity index (χ0) is 18.8. The van der Waals surface area contributed by atoms with Crippen LogP contribution in [0.3, 0.4) is 0 Å². The van der Waals surface area contributed by atoms with Gasteiger partial charge >= 0.3 is 0 Å². The van der Waals surface area contributed by atoms with Crippen LogP contribution in [0.4, 0.5) is 15.9 Å². The summed E-state index contributed by atoms with van der Waals surface area (Å²) in [5.74, 6) is 0.472. The van der Waals surface area contributed by atoms with Gasteiger partial charge < -0.3 is 15.0 Å². The first-order valence-electron chi connectivity index (χ1n) is 8.71. The fraction of sp³-hybridized carbons (Fsp3) is 0.286. The summed E-state index contributed by atoms with van der Waals surface area (Å²) in [5.41, 5.74) is 3.54. The number of rotatable bonds is 5. The van der Waals surface area contributed by atoms with Crippen LogP contribution in [0.5, 0.6) is 0 Å². The van der Waals surface area contributed by atoms with Crippen LogP contribution in [0.25, 0.3) is 10.9 Å². The van der Waals surface area contributed by atoms with Gasteiger partial charge in [-0.15, -0.1) is 0 Å². The molecule has 4 nitrogen and oxygen atoms in total. The number of aromatic nitrogens is 1. The molecule has 5 heteroatoms. The Hall–Kier alpha value is -2.84. The van der Waals surface area contributed by atoms with Gasteiger partial charge in [-0.3, -0.25) is 0 Å². The zero-order valence-corrected chi connectivity index (χ0v) is 15.2. The molecule has 2 N–H and O–H groups in total. The molecule has 1 unspecified atom stereocenters. The van der Waals surface area contributed by atoms with Crippen molar-refractivity contribution >= 4 is 22.4 Å². The first-order valence-corrected chi connectivity index (χ1v) is 8.71. The second-order valence-electron chi connectivity index (χ2n) is 6.53. The number of hydrogen-bond acceptors (Lipinski definition) is 3. The molecule has 134 valence electrons. The van der Waals surface area contributed by atoms with Crippen molar-refractivity contribution in [2.24, 2.45) is 0 Å². The number of nitriles is 1. The van der Waals surface area contributed by atoms with Crippen LogP contribution in [0.2, 0.25) is 0 Å². The number of nitrogens with one attached hydrogen (secondary N) is 1. The van der Waals surface area contributed by atoms with Crippen molar-refractivity contribution in [1.82, 2.24) is 4.98 Å². The minimum Gasteiger partial charge on any atom is -0.392 e. The van der Waals surface area contributed by atoms with E-state index in [2.05, 4.69) is 29.8 Å². The molecule has 1 heterocycles. The number of hydrogen-bond donors (Lipinski definition) is 2. The van der Waals surface area contributed by atoms with Crippen molar-refractivity contribution in [3.05, 3.63) is 58.9 Å². The Morgan fingerprint density at radius 1 is 1.27 bits per heavy atom. The summed E-state index contributed by atoms with van der Waals surface area (Å²) in [6.07, 6.45) is 0.877. The van der Waals surface area contributed by atoms with Crippen molar-refractivity contribution in [2.75, 3.05) is 4.90 Å². The molecular formula is C21H22FN3O. The van der Waals surface area contributed by atoms with Gasteiger partial charge in [-0.05, 0) is 50.1 Å². The Bertz CT molecular complexity index is 987. The van der Waals surface area contributed by atoms with E-state index in [0.29, 0.717) is 5.56 Å². The average Bonchev–Trinajstić information content (AvgIpc) is 2.97. The number of aromatic amines is 1. The van der Waals surface area contributed by atoms with E-state index in [0.717, 1.165) is 34.4 Å². The smallest absolute Gasteiger partial charge is 0.130 e. The molecule has 0 saturated heterocycles. The van der Waals surface area contributed by atoms with E-state index in [4.69, 9.17) is 5.26 Å². The number of aliphatic hydroxyl groups excluding tert-OH is 1. The zero-order valence-electron chi connectivity index (χ0n) is 15.2. The minimum atomic E-state index is -0.418. The van der Waals surface area contributed by atoms with Crippen LogP contribution in [0.15, 0.2) is 36.4 Å². The highest BCUT2D eigenvalue weighted by Crippen LogP contribution is 2.36. The number of anilines is 2. The normalized spacial score (nSPS) is 12.2. The quantitative estimate of drug-likeness (QED) is 0.686. The van der Waals surface area contributed by atoms with Crippen LogP contribution in [0.1, 0.15) is 37.0 Å². The minimum absolute atomic E-state index is 0.136. The lowest BCUT2D eigenvalue weighted by molar-refractivity contribution is 0.276. The molecule has 0 aliphatic rings. The van der Waals surface area contributed by atoms with Gasteiger partial charge in [0.2, 0.25) is 0 Å². The summed E-state index contributed by atoms with van der Waals surface area (Å²) in [4.78, 5) is 5.48. The van der Waals surface area contributed by atoms with Crippen LogP contribution < -0.4 is 4.90 Å². The maximum Gasteiger partial charge on any atom is 0.130 e. The Labute approximate surface area is 152 Å². The first-order chi connectivity index (χ1) is 12.5. The van der Waals surface area contributed by atoms with Crippen molar-refractivity contribution < 1.29 is 9.50 Å². The van der Waals surface area contributed by atoms with Crippen LogP contribution in [0, 0.1) is 24.1 Å². The SMILES string of the molecule is CCC(C)N(c1ccc(CO)c(F)c1)c1[nH]c2cc(C#N)ccc2c1C. The number of aryl methyl sites for hydroxylation is 1. The summed E-state index contributed by atoms with van der Waals surface area (Å²) in [5, 5.41) is 19.4. The van der Waals surface area contributed by atoms with Crippen molar-refractivity contribution in [3.8, 4) is 6.07 Å². The third kappa shape index (κ3) is 3.04. The van der Waals surface area contributed by atoms with Gasteiger partial charge in [0, 0.05) is 28.2 Å². The molecule has 3 aromatic rings. The third-order valence-electron chi connectivity index (χ3n) is 4.92.